The number of benzene rings is 2. The van der Waals surface area contributed by atoms with Crippen molar-refractivity contribution in [3.8, 4) is 0 Å². The average Bonchev–Trinajstić information content (AvgIpc) is 2.99. The Hall–Kier alpha value is -2.63. The molecule has 0 unspecified atom stereocenters. The van der Waals surface area contributed by atoms with Gasteiger partial charge in [0.05, 0.1) is 5.57 Å². The quantitative estimate of drug-likeness (QED) is 0.711. The highest BCUT2D eigenvalue weighted by Crippen LogP contribution is 2.32. The minimum atomic E-state index is -0.221. The van der Waals surface area contributed by atoms with Crippen molar-refractivity contribution in [2.24, 2.45) is 0 Å². The van der Waals surface area contributed by atoms with Gasteiger partial charge in [0, 0.05) is 44.3 Å². The summed E-state index contributed by atoms with van der Waals surface area (Å²) in [4.78, 5) is 31.8. The van der Waals surface area contributed by atoms with Crippen molar-refractivity contribution >= 4 is 29.0 Å². The number of carbonyl (C=O) groups is 2. The lowest BCUT2D eigenvalue weighted by Gasteiger charge is -2.36. The molecule has 0 atom stereocenters. The topological polar surface area (TPSA) is 43.9 Å². The fourth-order valence-corrected chi connectivity index (χ4v) is 4.12. The van der Waals surface area contributed by atoms with Crippen LogP contribution in [0.4, 0.5) is 0 Å². The van der Waals surface area contributed by atoms with Crippen LogP contribution in [0.25, 0.3) is 5.57 Å². The smallest absolute Gasteiger partial charge is 0.277 e. The lowest BCUT2D eigenvalue weighted by molar-refractivity contribution is -0.137. The minimum absolute atomic E-state index is 0.195. The largest absolute Gasteiger partial charge is 0.364 e. The summed E-state index contributed by atoms with van der Waals surface area (Å²) in [5.74, 6) is -0.416. The van der Waals surface area contributed by atoms with Crippen LogP contribution in [0.5, 0.6) is 0 Å². The lowest BCUT2D eigenvalue weighted by Crippen LogP contribution is -2.47. The van der Waals surface area contributed by atoms with Crippen molar-refractivity contribution in [3.63, 3.8) is 0 Å². The number of hydrogen-bond donors (Lipinski definition) is 0. The number of likely N-dealkylation sites (N-methyl/N-ethyl adjacent to an activating group) is 1. The Morgan fingerprint density at radius 2 is 1.52 bits per heavy atom. The molecule has 0 N–H and O–H groups in total. The molecule has 2 aromatic carbocycles. The molecule has 1 fully saturated rings. The summed E-state index contributed by atoms with van der Waals surface area (Å²) in [5.41, 5.74) is 3.04. The summed E-state index contributed by atoms with van der Waals surface area (Å²) in [7, 11) is 0. The van der Waals surface area contributed by atoms with Gasteiger partial charge in [-0.25, -0.2) is 0 Å². The van der Waals surface area contributed by atoms with E-state index in [0.717, 1.165) is 38.3 Å². The molecule has 6 heteroatoms. The fourth-order valence-electron chi connectivity index (χ4n) is 3.99. The van der Waals surface area contributed by atoms with Crippen LogP contribution in [0, 0.1) is 0 Å². The molecular formula is C23H24ClN3O2. The fraction of sp³-hybridized carbons (Fsp3) is 0.304. The number of rotatable bonds is 5. The molecule has 0 aromatic heterocycles. The summed E-state index contributed by atoms with van der Waals surface area (Å²) < 4.78 is 0. The number of nitrogens with zero attached hydrogens (tertiary/aromatic N) is 3. The Labute approximate surface area is 176 Å². The van der Waals surface area contributed by atoms with Crippen molar-refractivity contribution in [2.75, 3.05) is 32.7 Å². The van der Waals surface area contributed by atoms with Gasteiger partial charge in [0.2, 0.25) is 0 Å². The SMILES string of the molecule is CCN1C(=O)C(c2ccc(Cl)cc2)=C(N2CCN(Cc3ccccc3)CC2)C1=O. The highest BCUT2D eigenvalue weighted by atomic mass is 35.5. The second kappa shape index (κ2) is 8.39. The molecule has 0 saturated carbocycles. The summed E-state index contributed by atoms with van der Waals surface area (Å²) in [6, 6.07) is 17.5. The van der Waals surface area contributed by atoms with Crippen LogP contribution in [-0.4, -0.2) is 59.2 Å². The maximum Gasteiger partial charge on any atom is 0.277 e. The predicted molar refractivity (Wildman–Crippen MR) is 114 cm³/mol. The lowest BCUT2D eigenvalue weighted by atomic mass is 10.0. The van der Waals surface area contributed by atoms with E-state index in [1.165, 1.54) is 10.5 Å². The van der Waals surface area contributed by atoms with Crippen LogP contribution < -0.4 is 0 Å². The third kappa shape index (κ3) is 3.93. The van der Waals surface area contributed by atoms with E-state index < -0.39 is 0 Å². The van der Waals surface area contributed by atoms with E-state index in [0.29, 0.717) is 22.8 Å². The zero-order valence-corrected chi connectivity index (χ0v) is 17.2. The van der Waals surface area contributed by atoms with Crippen molar-refractivity contribution in [3.05, 3.63) is 76.4 Å². The summed E-state index contributed by atoms with van der Waals surface area (Å²) >= 11 is 6.01. The zero-order chi connectivity index (χ0) is 20.4. The van der Waals surface area contributed by atoms with Gasteiger partial charge < -0.3 is 4.90 Å². The monoisotopic (exact) mass is 409 g/mol. The number of amides is 2. The molecule has 5 nitrogen and oxygen atoms in total. The first-order valence-corrected chi connectivity index (χ1v) is 10.3. The van der Waals surface area contributed by atoms with Gasteiger partial charge in [0.15, 0.2) is 0 Å². The maximum atomic E-state index is 13.0. The van der Waals surface area contributed by atoms with Gasteiger partial charge in [0.25, 0.3) is 11.8 Å². The first-order chi connectivity index (χ1) is 14.1. The van der Waals surface area contributed by atoms with E-state index in [4.69, 9.17) is 11.6 Å². The van der Waals surface area contributed by atoms with Crippen molar-refractivity contribution in [1.29, 1.82) is 0 Å². The normalized spacial score (nSPS) is 18.1. The molecule has 2 aromatic rings. The van der Waals surface area contributed by atoms with Gasteiger partial charge in [-0.1, -0.05) is 54.1 Å². The number of imide groups is 1. The van der Waals surface area contributed by atoms with E-state index in [9.17, 15) is 9.59 Å². The number of piperazine rings is 1. The molecule has 2 aliphatic heterocycles. The maximum absolute atomic E-state index is 13.0. The van der Waals surface area contributed by atoms with Crippen LogP contribution >= 0.6 is 11.6 Å². The molecule has 0 spiro atoms. The standard InChI is InChI=1S/C23H24ClN3O2/c1-2-27-22(28)20(18-8-10-19(24)11-9-18)21(23(27)29)26-14-12-25(13-15-26)16-17-6-4-3-5-7-17/h3-11H,2,12-16H2,1H3. The molecule has 29 heavy (non-hydrogen) atoms. The summed E-state index contributed by atoms with van der Waals surface area (Å²) in [6.07, 6.45) is 0. The van der Waals surface area contributed by atoms with Crippen molar-refractivity contribution in [2.45, 2.75) is 13.5 Å². The Balaban J connectivity index is 1.57. The molecule has 0 radical (unpaired) electrons. The Morgan fingerprint density at radius 3 is 2.14 bits per heavy atom. The van der Waals surface area contributed by atoms with Gasteiger partial charge in [0.1, 0.15) is 5.70 Å². The Kier molecular flexibility index (Phi) is 5.69. The Morgan fingerprint density at radius 1 is 0.862 bits per heavy atom. The third-order valence-corrected chi connectivity index (χ3v) is 5.78. The van der Waals surface area contributed by atoms with E-state index in [1.54, 1.807) is 12.1 Å². The van der Waals surface area contributed by atoms with Crippen LogP contribution in [0.15, 0.2) is 60.3 Å². The van der Waals surface area contributed by atoms with Gasteiger partial charge in [-0.3, -0.25) is 19.4 Å². The van der Waals surface area contributed by atoms with Crippen LogP contribution in [0.2, 0.25) is 5.02 Å². The molecule has 2 heterocycles. The predicted octanol–water partition coefficient (Wildman–Crippen LogP) is 3.26. The third-order valence-electron chi connectivity index (χ3n) is 5.53. The number of hydrogen-bond acceptors (Lipinski definition) is 4. The van der Waals surface area contributed by atoms with Crippen molar-refractivity contribution in [1.82, 2.24) is 14.7 Å². The van der Waals surface area contributed by atoms with Crippen LogP contribution in [0.1, 0.15) is 18.1 Å². The van der Waals surface area contributed by atoms with Crippen LogP contribution in [-0.2, 0) is 16.1 Å². The van der Waals surface area contributed by atoms with E-state index in [2.05, 4.69) is 34.1 Å². The van der Waals surface area contributed by atoms with Crippen molar-refractivity contribution < 1.29 is 9.59 Å². The molecule has 4 rings (SSSR count). The second-order valence-corrected chi connectivity index (χ2v) is 7.77. The average molecular weight is 410 g/mol. The molecular weight excluding hydrogens is 386 g/mol. The highest BCUT2D eigenvalue weighted by Gasteiger charge is 2.41. The first-order valence-electron chi connectivity index (χ1n) is 9.96. The summed E-state index contributed by atoms with van der Waals surface area (Å²) in [5, 5.41) is 0.606. The van der Waals surface area contributed by atoms with E-state index in [1.807, 2.05) is 25.1 Å². The van der Waals surface area contributed by atoms with Gasteiger partial charge >= 0.3 is 0 Å². The highest BCUT2D eigenvalue weighted by molar-refractivity contribution is 6.36. The molecule has 2 amide bonds. The zero-order valence-electron chi connectivity index (χ0n) is 16.5. The minimum Gasteiger partial charge on any atom is -0.364 e. The van der Waals surface area contributed by atoms with Gasteiger partial charge in [-0.15, -0.1) is 0 Å². The van der Waals surface area contributed by atoms with Gasteiger partial charge in [-0.05, 0) is 30.2 Å². The number of carbonyl (C=O) groups excluding carboxylic acids is 2. The molecule has 0 bridgehead atoms. The molecule has 0 aliphatic carbocycles. The number of halogens is 1. The molecule has 2 aliphatic rings. The van der Waals surface area contributed by atoms with E-state index >= 15 is 0 Å². The van der Waals surface area contributed by atoms with E-state index in [-0.39, 0.29) is 11.8 Å². The molecule has 1 saturated heterocycles. The summed E-state index contributed by atoms with van der Waals surface area (Å²) in [6.45, 7) is 6.22. The first kappa shape index (κ1) is 19.7. The van der Waals surface area contributed by atoms with Gasteiger partial charge in [-0.2, -0.15) is 0 Å². The molecule has 150 valence electrons. The second-order valence-electron chi connectivity index (χ2n) is 7.33. The van der Waals surface area contributed by atoms with Crippen LogP contribution in [0.3, 0.4) is 0 Å². The Bertz CT molecular complexity index is 932.